The van der Waals surface area contributed by atoms with E-state index in [0.29, 0.717) is 6.54 Å². The summed E-state index contributed by atoms with van der Waals surface area (Å²) in [5, 5.41) is 3.84. The smallest absolute Gasteiger partial charge is 0.254 e. The third kappa shape index (κ3) is 2.43. The molecule has 5 rings (SSSR count). The van der Waals surface area contributed by atoms with Gasteiger partial charge < -0.3 is 13.9 Å². The molecule has 4 aromatic rings. The molecule has 0 N–H and O–H groups in total. The van der Waals surface area contributed by atoms with Crippen LogP contribution in [0.25, 0.3) is 22.6 Å². The lowest BCUT2D eigenvalue weighted by molar-refractivity contribution is 0.0788. The summed E-state index contributed by atoms with van der Waals surface area (Å²) >= 11 is 1.54. The number of nitrogens with zero attached hydrogens (tertiary/aromatic N) is 4. The van der Waals surface area contributed by atoms with Crippen molar-refractivity contribution in [3.8, 4) is 11.4 Å². The van der Waals surface area contributed by atoms with Gasteiger partial charge in [-0.25, -0.2) is 9.97 Å². The molecule has 6 nitrogen and oxygen atoms in total. The van der Waals surface area contributed by atoms with Crippen LogP contribution in [0.3, 0.4) is 0 Å². The van der Waals surface area contributed by atoms with E-state index in [-0.39, 0.29) is 11.9 Å². The Balaban J connectivity index is 1.53. The molecule has 4 aromatic heterocycles. The molecule has 130 valence electrons. The van der Waals surface area contributed by atoms with Gasteiger partial charge in [-0.1, -0.05) is 0 Å². The average Bonchev–Trinajstić information content (AvgIpc) is 3.47. The number of carbonyl (C=O) groups excluding carboxylic acids is 1. The highest BCUT2D eigenvalue weighted by Gasteiger charge is 2.31. The Morgan fingerprint density at radius 3 is 3.08 bits per heavy atom. The number of carbonyl (C=O) groups is 1. The molecule has 1 atom stereocenters. The number of amides is 1. The fourth-order valence-corrected chi connectivity index (χ4v) is 4.21. The molecule has 0 aromatic carbocycles. The van der Waals surface area contributed by atoms with Crippen LogP contribution < -0.4 is 0 Å². The fraction of sp³-hybridized carbons (Fsp3) is 0.211. The normalized spacial score (nSPS) is 17.2. The number of aromatic nitrogens is 3. The van der Waals surface area contributed by atoms with Gasteiger partial charge in [-0.05, 0) is 36.1 Å². The van der Waals surface area contributed by atoms with Crippen LogP contribution in [0.2, 0.25) is 0 Å². The molecule has 0 bridgehead atoms. The van der Waals surface area contributed by atoms with Crippen molar-refractivity contribution in [2.45, 2.75) is 12.5 Å². The Kier molecular flexibility index (Phi) is 3.60. The van der Waals surface area contributed by atoms with Crippen molar-refractivity contribution in [3.05, 3.63) is 59.3 Å². The van der Waals surface area contributed by atoms with Gasteiger partial charge in [0, 0.05) is 24.7 Å². The molecule has 0 unspecified atom stereocenters. The highest BCUT2D eigenvalue weighted by molar-refractivity contribution is 7.08. The lowest BCUT2D eigenvalue weighted by atomic mass is 10.2. The molecular formula is C19H16N4O2S. The van der Waals surface area contributed by atoms with E-state index < -0.39 is 0 Å². The van der Waals surface area contributed by atoms with Gasteiger partial charge in [-0.15, -0.1) is 0 Å². The Morgan fingerprint density at radius 1 is 1.31 bits per heavy atom. The van der Waals surface area contributed by atoms with Crippen molar-refractivity contribution in [1.29, 1.82) is 0 Å². The summed E-state index contributed by atoms with van der Waals surface area (Å²) < 4.78 is 7.41. The minimum atomic E-state index is 0.0935. The topological polar surface area (TPSA) is 64.2 Å². The van der Waals surface area contributed by atoms with E-state index in [9.17, 15) is 4.79 Å². The zero-order chi connectivity index (χ0) is 17.5. The number of pyridine rings is 1. The van der Waals surface area contributed by atoms with Crippen LogP contribution in [0.15, 0.2) is 58.2 Å². The average molecular weight is 364 g/mol. The summed E-state index contributed by atoms with van der Waals surface area (Å²) in [6, 6.07) is 7.78. The number of imidazole rings is 1. The van der Waals surface area contributed by atoms with E-state index in [2.05, 4.69) is 9.55 Å². The first-order valence-corrected chi connectivity index (χ1v) is 9.42. The molecule has 26 heavy (non-hydrogen) atoms. The number of thiophene rings is 1. The summed E-state index contributed by atoms with van der Waals surface area (Å²) in [4.78, 5) is 23.9. The number of hydrogen-bond donors (Lipinski definition) is 0. The van der Waals surface area contributed by atoms with Crippen molar-refractivity contribution in [2.75, 3.05) is 13.1 Å². The molecule has 0 radical (unpaired) electrons. The number of hydrogen-bond acceptors (Lipinski definition) is 5. The first-order chi connectivity index (χ1) is 12.8. The van der Waals surface area contributed by atoms with Gasteiger partial charge in [0.05, 0.1) is 23.4 Å². The Hall–Kier alpha value is -2.93. The van der Waals surface area contributed by atoms with Crippen LogP contribution in [-0.2, 0) is 0 Å². The molecule has 1 amide bonds. The third-order valence-corrected chi connectivity index (χ3v) is 5.50. The molecular weight excluding hydrogens is 348 g/mol. The van der Waals surface area contributed by atoms with Gasteiger partial charge in [0.15, 0.2) is 5.65 Å². The van der Waals surface area contributed by atoms with E-state index in [0.717, 1.165) is 41.1 Å². The van der Waals surface area contributed by atoms with Crippen molar-refractivity contribution >= 4 is 28.4 Å². The summed E-state index contributed by atoms with van der Waals surface area (Å²) in [6.07, 6.45) is 6.00. The van der Waals surface area contributed by atoms with Gasteiger partial charge in [-0.3, -0.25) is 4.79 Å². The lowest BCUT2D eigenvalue weighted by Crippen LogP contribution is -2.28. The molecule has 0 saturated carbocycles. The zero-order valence-corrected chi connectivity index (χ0v) is 14.7. The van der Waals surface area contributed by atoms with Crippen LogP contribution in [0.5, 0.6) is 0 Å². The van der Waals surface area contributed by atoms with Crippen LogP contribution in [0.1, 0.15) is 22.8 Å². The summed E-state index contributed by atoms with van der Waals surface area (Å²) in [7, 11) is 0. The van der Waals surface area contributed by atoms with Crippen LogP contribution >= 0.6 is 11.3 Å². The van der Waals surface area contributed by atoms with Gasteiger partial charge >= 0.3 is 0 Å². The molecule has 1 saturated heterocycles. The number of furan rings is 1. The maximum absolute atomic E-state index is 12.7. The third-order valence-electron chi connectivity index (χ3n) is 4.81. The number of rotatable bonds is 3. The van der Waals surface area contributed by atoms with Crippen LogP contribution in [-0.4, -0.2) is 38.4 Å². The molecule has 0 spiro atoms. The van der Waals surface area contributed by atoms with Crippen molar-refractivity contribution < 1.29 is 9.21 Å². The summed E-state index contributed by atoms with van der Waals surface area (Å²) in [6.45, 7) is 1.39. The van der Waals surface area contributed by atoms with Gasteiger partial charge in [0.25, 0.3) is 5.91 Å². The maximum atomic E-state index is 12.7. The molecule has 7 heteroatoms. The monoisotopic (exact) mass is 364 g/mol. The minimum Gasteiger partial charge on any atom is -0.472 e. The Bertz CT molecular complexity index is 1050. The predicted octanol–water partition coefficient (Wildman–Crippen LogP) is 3.84. The molecule has 1 fully saturated rings. The van der Waals surface area contributed by atoms with Crippen molar-refractivity contribution in [3.63, 3.8) is 0 Å². The predicted molar refractivity (Wildman–Crippen MR) is 99.1 cm³/mol. The molecule has 5 heterocycles. The maximum Gasteiger partial charge on any atom is 0.254 e. The lowest BCUT2D eigenvalue weighted by Gasteiger charge is -2.18. The molecule has 1 aliphatic heterocycles. The van der Waals surface area contributed by atoms with E-state index in [1.165, 1.54) is 0 Å². The summed E-state index contributed by atoms with van der Waals surface area (Å²) in [5.41, 5.74) is 3.38. The standard InChI is InChI=1S/C19H16N4O2S/c24-19(14-5-9-26-12-14)22-7-3-15(10-22)23-17(13-4-8-25-11-13)21-16-2-1-6-20-18(16)23/h1-2,4-6,8-9,11-12,15H,3,7,10H2/t15-/m0/s1. The first kappa shape index (κ1) is 15.3. The molecule has 0 aliphatic carbocycles. The first-order valence-electron chi connectivity index (χ1n) is 8.48. The highest BCUT2D eigenvalue weighted by atomic mass is 32.1. The van der Waals surface area contributed by atoms with Gasteiger partial charge in [-0.2, -0.15) is 11.3 Å². The van der Waals surface area contributed by atoms with E-state index >= 15 is 0 Å². The van der Waals surface area contributed by atoms with Crippen molar-refractivity contribution in [1.82, 2.24) is 19.4 Å². The minimum absolute atomic E-state index is 0.0935. The Morgan fingerprint density at radius 2 is 2.27 bits per heavy atom. The fourth-order valence-electron chi connectivity index (χ4n) is 3.58. The molecule has 1 aliphatic rings. The Labute approximate surface area is 153 Å². The van der Waals surface area contributed by atoms with E-state index in [1.54, 1.807) is 30.1 Å². The second-order valence-corrected chi connectivity index (χ2v) is 7.15. The highest BCUT2D eigenvalue weighted by Crippen LogP contribution is 2.32. The van der Waals surface area contributed by atoms with Crippen LogP contribution in [0, 0.1) is 0 Å². The van der Waals surface area contributed by atoms with E-state index in [1.807, 2.05) is 39.9 Å². The second kappa shape index (κ2) is 6.10. The quantitative estimate of drug-likeness (QED) is 0.554. The zero-order valence-electron chi connectivity index (χ0n) is 13.9. The van der Waals surface area contributed by atoms with Crippen LogP contribution in [0.4, 0.5) is 0 Å². The van der Waals surface area contributed by atoms with Gasteiger partial charge in [0.1, 0.15) is 17.6 Å². The summed E-state index contributed by atoms with van der Waals surface area (Å²) in [5.74, 6) is 0.929. The second-order valence-electron chi connectivity index (χ2n) is 6.37. The number of fused-ring (bicyclic) bond motifs is 1. The SMILES string of the molecule is O=C(c1ccsc1)N1CC[C@H](n2c(-c3ccoc3)nc3cccnc32)C1. The van der Waals surface area contributed by atoms with Crippen molar-refractivity contribution in [2.24, 2.45) is 0 Å². The van der Waals surface area contributed by atoms with Gasteiger partial charge in [0.2, 0.25) is 0 Å². The number of likely N-dealkylation sites (tertiary alicyclic amines) is 1. The largest absolute Gasteiger partial charge is 0.472 e. The van der Waals surface area contributed by atoms with E-state index in [4.69, 9.17) is 9.40 Å².